The molecule has 0 bridgehead atoms. The number of benzene rings is 1. The first-order chi connectivity index (χ1) is 10.1. The average Bonchev–Trinajstić information content (AvgIpc) is 2.50. The van der Waals surface area contributed by atoms with Crippen LogP contribution in [0.5, 0.6) is 0 Å². The molecule has 3 unspecified atom stereocenters. The Kier molecular flexibility index (Phi) is 5.73. The first kappa shape index (κ1) is 15.9. The van der Waals surface area contributed by atoms with Crippen LogP contribution in [-0.4, -0.2) is 53.7 Å². The van der Waals surface area contributed by atoms with E-state index in [0.29, 0.717) is 19.5 Å². The predicted molar refractivity (Wildman–Crippen MR) is 82.8 cm³/mol. The number of aliphatic hydroxyl groups excluding tert-OH is 1. The highest BCUT2D eigenvalue weighted by Gasteiger charge is 2.36. The maximum atomic E-state index is 12.4. The molecule has 2 rings (SSSR count). The number of nitrogens with zero attached hydrogens (tertiary/aromatic N) is 1. The zero-order valence-electron chi connectivity index (χ0n) is 12.5. The van der Waals surface area contributed by atoms with Crippen LogP contribution in [0.4, 0.5) is 0 Å². The molecule has 1 aromatic rings. The van der Waals surface area contributed by atoms with Gasteiger partial charge in [-0.15, -0.1) is 0 Å². The van der Waals surface area contributed by atoms with Gasteiger partial charge in [0.1, 0.15) is 6.04 Å². The monoisotopic (exact) mass is 291 g/mol. The molecule has 5 heteroatoms. The molecule has 0 saturated carbocycles. The van der Waals surface area contributed by atoms with Gasteiger partial charge in [0.2, 0.25) is 5.91 Å². The van der Waals surface area contributed by atoms with Crippen LogP contribution in [0.2, 0.25) is 0 Å². The molecule has 0 radical (unpaired) electrons. The first-order valence-electron chi connectivity index (χ1n) is 7.63. The first-order valence-corrected chi connectivity index (χ1v) is 7.63. The Hall–Kier alpha value is -1.43. The molecular formula is C16H25N3O2. The van der Waals surface area contributed by atoms with Crippen LogP contribution in [0.15, 0.2) is 30.3 Å². The molecule has 1 aromatic carbocycles. The number of carbonyl (C=O) groups excluding carboxylic acids is 1. The van der Waals surface area contributed by atoms with E-state index in [1.807, 2.05) is 37.3 Å². The lowest BCUT2D eigenvalue weighted by Crippen LogP contribution is -2.63. The summed E-state index contributed by atoms with van der Waals surface area (Å²) in [6, 6.07) is 8.74. The molecule has 116 valence electrons. The number of hydrogen-bond donors (Lipinski definition) is 3. The second kappa shape index (κ2) is 7.54. The smallest absolute Gasteiger partial charge is 0.242 e. The summed E-state index contributed by atoms with van der Waals surface area (Å²) >= 11 is 0. The number of amides is 1. The van der Waals surface area contributed by atoms with Crippen molar-refractivity contribution in [2.75, 3.05) is 19.6 Å². The third kappa shape index (κ3) is 4.03. The van der Waals surface area contributed by atoms with Gasteiger partial charge in [-0.3, -0.25) is 4.79 Å². The van der Waals surface area contributed by atoms with Crippen LogP contribution in [0.25, 0.3) is 0 Å². The average molecular weight is 291 g/mol. The number of carbonyl (C=O) groups is 1. The highest BCUT2D eigenvalue weighted by atomic mass is 16.3. The van der Waals surface area contributed by atoms with Gasteiger partial charge in [-0.25, -0.2) is 0 Å². The van der Waals surface area contributed by atoms with Gasteiger partial charge in [0.05, 0.1) is 6.10 Å². The van der Waals surface area contributed by atoms with E-state index in [-0.39, 0.29) is 5.91 Å². The van der Waals surface area contributed by atoms with Crippen molar-refractivity contribution in [1.29, 1.82) is 0 Å². The lowest BCUT2D eigenvalue weighted by molar-refractivity contribution is -0.139. The van der Waals surface area contributed by atoms with Gasteiger partial charge in [-0.05, 0) is 18.4 Å². The fraction of sp³-hybridized carbons (Fsp3) is 0.562. The van der Waals surface area contributed by atoms with Crippen molar-refractivity contribution in [2.24, 2.45) is 5.73 Å². The highest BCUT2D eigenvalue weighted by molar-refractivity contribution is 5.83. The molecule has 1 aliphatic heterocycles. The van der Waals surface area contributed by atoms with Gasteiger partial charge in [-0.2, -0.15) is 0 Å². The van der Waals surface area contributed by atoms with Crippen molar-refractivity contribution in [3.8, 4) is 0 Å². The highest BCUT2D eigenvalue weighted by Crippen LogP contribution is 2.12. The van der Waals surface area contributed by atoms with E-state index in [1.54, 1.807) is 4.90 Å². The zero-order chi connectivity index (χ0) is 15.2. The van der Waals surface area contributed by atoms with E-state index < -0.39 is 18.2 Å². The number of nitrogens with one attached hydrogen (secondary N) is 1. The second-order valence-corrected chi connectivity index (χ2v) is 5.60. The summed E-state index contributed by atoms with van der Waals surface area (Å²) in [7, 11) is 0. The topological polar surface area (TPSA) is 78.6 Å². The molecule has 5 nitrogen and oxygen atoms in total. The van der Waals surface area contributed by atoms with Crippen LogP contribution < -0.4 is 11.1 Å². The van der Waals surface area contributed by atoms with Crippen LogP contribution in [-0.2, 0) is 11.2 Å². The predicted octanol–water partition coefficient (Wildman–Crippen LogP) is 0.128. The minimum absolute atomic E-state index is 0.0425. The van der Waals surface area contributed by atoms with E-state index in [4.69, 9.17) is 5.73 Å². The molecule has 4 N–H and O–H groups in total. The molecule has 1 aliphatic rings. The van der Waals surface area contributed by atoms with Crippen molar-refractivity contribution in [3.05, 3.63) is 35.9 Å². The van der Waals surface area contributed by atoms with E-state index in [1.165, 1.54) is 0 Å². The number of rotatable bonds is 6. The maximum absolute atomic E-state index is 12.4. The Balaban J connectivity index is 1.97. The Bertz CT molecular complexity index is 450. The van der Waals surface area contributed by atoms with Gasteiger partial charge in [-0.1, -0.05) is 37.3 Å². The Morgan fingerprint density at radius 3 is 2.81 bits per heavy atom. The van der Waals surface area contributed by atoms with E-state index in [9.17, 15) is 9.90 Å². The van der Waals surface area contributed by atoms with Crippen LogP contribution in [0.1, 0.15) is 18.9 Å². The van der Waals surface area contributed by atoms with Gasteiger partial charge in [0.15, 0.2) is 0 Å². The lowest BCUT2D eigenvalue weighted by atomic mass is 9.95. The Morgan fingerprint density at radius 1 is 1.43 bits per heavy atom. The molecule has 0 aromatic heterocycles. The molecule has 1 heterocycles. The summed E-state index contributed by atoms with van der Waals surface area (Å²) in [5, 5.41) is 13.5. The lowest BCUT2D eigenvalue weighted by Gasteiger charge is -2.36. The number of piperazine rings is 1. The summed E-state index contributed by atoms with van der Waals surface area (Å²) in [5.41, 5.74) is 7.17. The maximum Gasteiger partial charge on any atom is 0.242 e. The summed E-state index contributed by atoms with van der Waals surface area (Å²) in [6.07, 6.45) is 0.601. The minimum atomic E-state index is -0.877. The zero-order valence-corrected chi connectivity index (χ0v) is 12.5. The van der Waals surface area contributed by atoms with Crippen molar-refractivity contribution >= 4 is 5.91 Å². The third-order valence-corrected chi connectivity index (χ3v) is 3.91. The normalized spacial score (nSPS) is 22.1. The summed E-state index contributed by atoms with van der Waals surface area (Å²) in [4.78, 5) is 14.2. The van der Waals surface area contributed by atoms with Crippen molar-refractivity contribution in [2.45, 2.75) is 38.0 Å². The van der Waals surface area contributed by atoms with E-state index in [2.05, 4.69) is 5.32 Å². The van der Waals surface area contributed by atoms with Crippen molar-refractivity contribution in [1.82, 2.24) is 10.2 Å². The molecule has 1 fully saturated rings. The number of hydrogen-bond acceptors (Lipinski definition) is 4. The molecular weight excluding hydrogens is 266 g/mol. The molecule has 0 aliphatic carbocycles. The molecule has 3 atom stereocenters. The largest absolute Gasteiger partial charge is 0.389 e. The van der Waals surface area contributed by atoms with E-state index in [0.717, 1.165) is 18.5 Å². The quantitative estimate of drug-likeness (QED) is 0.696. The fourth-order valence-electron chi connectivity index (χ4n) is 2.76. The molecule has 0 spiro atoms. The van der Waals surface area contributed by atoms with Crippen LogP contribution >= 0.6 is 0 Å². The second-order valence-electron chi connectivity index (χ2n) is 5.60. The number of nitrogens with two attached hydrogens (primary N) is 1. The Morgan fingerprint density at radius 2 is 2.14 bits per heavy atom. The fourth-order valence-corrected chi connectivity index (χ4v) is 2.76. The van der Waals surface area contributed by atoms with Crippen molar-refractivity contribution in [3.63, 3.8) is 0 Å². The van der Waals surface area contributed by atoms with Crippen LogP contribution in [0.3, 0.4) is 0 Å². The summed E-state index contributed by atoms with van der Waals surface area (Å²) < 4.78 is 0. The van der Waals surface area contributed by atoms with Crippen LogP contribution in [0, 0.1) is 0 Å². The SMILES string of the molecule is CCCN1CCNC(C(O)C(N)Cc2ccccc2)C1=O. The van der Waals surface area contributed by atoms with Gasteiger partial charge >= 0.3 is 0 Å². The van der Waals surface area contributed by atoms with Crippen molar-refractivity contribution < 1.29 is 9.90 Å². The number of aliphatic hydroxyl groups is 1. The molecule has 21 heavy (non-hydrogen) atoms. The minimum Gasteiger partial charge on any atom is -0.389 e. The standard InChI is InChI=1S/C16H25N3O2/c1-2-9-19-10-8-18-14(16(19)21)15(20)13(17)11-12-6-4-3-5-7-12/h3-7,13-15,18,20H,2,8-11,17H2,1H3. The Labute approximate surface area is 126 Å². The van der Waals surface area contributed by atoms with Gasteiger partial charge in [0.25, 0.3) is 0 Å². The molecule has 1 amide bonds. The summed E-state index contributed by atoms with van der Waals surface area (Å²) in [5.74, 6) is -0.0425. The molecule has 1 saturated heterocycles. The van der Waals surface area contributed by atoms with E-state index >= 15 is 0 Å². The van der Waals surface area contributed by atoms with Gasteiger partial charge < -0.3 is 21.1 Å². The third-order valence-electron chi connectivity index (χ3n) is 3.91. The summed E-state index contributed by atoms with van der Waals surface area (Å²) in [6.45, 7) is 4.18. The van der Waals surface area contributed by atoms with Gasteiger partial charge in [0, 0.05) is 25.7 Å².